The van der Waals surface area contributed by atoms with E-state index in [1.54, 1.807) is 6.20 Å². The molecule has 4 nitrogen and oxygen atoms in total. The first-order chi connectivity index (χ1) is 12.3. The Morgan fingerprint density at radius 2 is 1.96 bits per heavy atom. The summed E-state index contributed by atoms with van der Waals surface area (Å²) in [5.41, 5.74) is 2.83. The Bertz CT molecular complexity index is 844. The van der Waals surface area contributed by atoms with Crippen LogP contribution in [-0.2, 0) is 11.2 Å². The fraction of sp³-hybridized carbons (Fsp3) is 0.250. The lowest BCUT2D eigenvalue weighted by atomic mass is 10.0. The number of hydrogen-bond acceptors (Lipinski definition) is 4. The number of benzene rings is 1. The third kappa shape index (κ3) is 3.94. The molecule has 1 aliphatic carbocycles. The average molecular weight is 349 g/mol. The molecule has 3 aromatic rings. The molecule has 1 fully saturated rings. The predicted octanol–water partition coefficient (Wildman–Crippen LogP) is 4.02. The van der Waals surface area contributed by atoms with Crippen LogP contribution in [0.15, 0.2) is 60.1 Å². The van der Waals surface area contributed by atoms with Gasteiger partial charge < -0.3 is 5.32 Å². The Morgan fingerprint density at radius 3 is 2.68 bits per heavy atom. The number of nitrogens with one attached hydrogen (secondary N) is 1. The normalized spacial score (nSPS) is 14.9. The summed E-state index contributed by atoms with van der Waals surface area (Å²) in [4.78, 5) is 21.4. The maximum Gasteiger partial charge on any atom is 0.226 e. The second-order valence-corrected chi connectivity index (χ2v) is 7.19. The molecule has 5 heteroatoms. The van der Waals surface area contributed by atoms with E-state index in [9.17, 15) is 4.79 Å². The van der Waals surface area contributed by atoms with E-state index in [0.717, 1.165) is 16.4 Å². The summed E-state index contributed by atoms with van der Waals surface area (Å²) >= 11 is 1.52. The molecule has 0 saturated heterocycles. The van der Waals surface area contributed by atoms with E-state index in [0.29, 0.717) is 12.3 Å². The molecule has 0 spiro atoms. The third-order valence-electron chi connectivity index (χ3n) is 4.35. The summed E-state index contributed by atoms with van der Waals surface area (Å²) < 4.78 is 0. The van der Waals surface area contributed by atoms with Crippen LogP contribution in [-0.4, -0.2) is 15.9 Å². The lowest BCUT2D eigenvalue weighted by molar-refractivity contribution is -0.121. The number of aromatic nitrogens is 2. The van der Waals surface area contributed by atoms with Gasteiger partial charge >= 0.3 is 0 Å². The highest BCUT2D eigenvalue weighted by Gasteiger charge is 2.33. The Labute approximate surface area is 151 Å². The number of hydrogen-bond donors (Lipinski definition) is 1. The molecule has 2 aromatic heterocycles. The summed E-state index contributed by atoms with van der Waals surface area (Å²) in [6.45, 7) is 0. The number of rotatable bonds is 6. The van der Waals surface area contributed by atoms with Crippen molar-refractivity contribution in [1.82, 2.24) is 15.3 Å². The quantitative estimate of drug-likeness (QED) is 0.731. The Kier molecular flexibility index (Phi) is 4.57. The van der Waals surface area contributed by atoms with Crippen LogP contribution in [0.4, 0.5) is 0 Å². The first-order valence-electron chi connectivity index (χ1n) is 8.50. The highest BCUT2D eigenvalue weighted by atomic mass is 32.1. The zero-order valence-corrected chi connectivity index (χ0v) is 14.6. The van der Waals surface area contributed by atoms with Gasteiger partial charge in [-0.15, -0.1) is 11.3 Å². The molecule has 0 bridgehead atoms. The third-order valence-corrected chi connectivity index (χ3v) is 5.26. The van der Waals surface area contributed by atoms with Gasteiger partial charge in [0.25, 0.3) is 0 Å². The second kappa shape index (κ2) is 7.15. The molecule has 2 heterocycles. The van der Waals surface area contributed by atoms with Crippen LogP contribution in [0.3, 0.4) is 0 Å². The summed E-state index contributed by atoms with van der Waals surface area (Å²) in [6, 6.07) is 16.1. The van der Waals surface area contributed by atoms with Crippen LogP contribution in [0.2, 0.25) is 0 Å². The zero-order valence-electron chi connectivity index (χ0n) is 13.8. The minimum Gasteiger partial charge on any atom is -0.349 e. The summed E-state index contributed by atoms with van der Waals surface area (Å²) in [7, 11) is 0. The van der Waals surface area contributed by atoms with Crippen molar-refractivity contribution in [3.63, 3.8) is 0 Å². The number of carbonyl (C=O) groups excluding carboxylic acids is 1. The number of thiazole rings is 1. The van der Waals surface area contributed by atoms with Gasteiger partial charge in [-0.1, -0.05) is 36.4 Å². The first kappa shape index (κ1) is 16.0. The molecule has 1 amide bonds. The van der Waals surface area contributed by atoms with Crippen LogP contribution in [0.25, 0.3) is 10.7 Å². The molecule has 1 saturated carbocycles. The molecular weight excluding hydrogens is 330 g/mol. The summed E-state index contributed by atoms with van der Waals surface area (Å²) in [5, 5.41) is 6.00. The van der Waals surface area contributed by atoms with Gasteiger partial charge in [-0.2, -0.15) is 0 Å². The smallest absolute Gasteiger partial charge is 0.226 e. The number of amides is 1. The van der Waals surface area contributed by atoms with E-state index in [2.05, 4.69) is 27.4 Å². The molecular formula is C20H19N3OS. The molecule has 25 heavy (non-hydrogen) atoms. The zero-order chi connectivity index (χ0) is 17.1. The topological polar surface area (TPSA) is 54.9 Å². The molecule has 0 aliphatic heterocycles. The lowest BCUT2D eigenvalue weighted by Gasteiger charge is -2.18. The summed E-state index contributed by atoms with van der Waals surface area (Å²) in [5.74, 6) is 0.587. The van der Waals surface area contributed by atoms with Crippen LogP contribution in [0.5, 0.6) is 0 Å². The minimum absolute atomic E-state index is 0.0265. The second-order valence-electron chi connectivity index (χ2n) is 6.33. The largest absolute Gasteiger partial charge is 0.349 e. The first-order valence-corrected chi connectivity index (χ1v) is 9.37. The molecule has 0 unspecified atom stereocenters. The lowest BCUT2D eigenvalue weighted by Crippen LogP contribution is -2.31. The van der Waals surface area contributed by atoms with Crippen molar-refractivity contribution >= 4 is 17.2 Å². The fourth-order valence-electron chi connectivity index (χ4n) is 2.95. The average Bonchev–Trinajstić information content (AvgIpc) is 3.40. The number of carbonyl (C=O) groups is 1. The highest BCUT2D eigenvalue weighted by molar-refractivity contribution is 7.13. The van der Waals surface area contributed by atoms with Gasteiger partial charge in [0.15, 0.2) is 0 Å². The maximum atomic E-state index is 12.5. The minimum atomic E-state index is 0.0265. The Morgan fingerprint density at radius 1 is 1.16 bits per heavy atom. The molecule has 4 rings (SSSR count). The molecule has 1 N–H and O–H groups in total. The van der Waals surface area contributed by atoms with Crippen molar-refractivity contribution in [1.29, 1.82) is 0 Å². The van der Waals surface area contributed by atoms with Crippen LogP contribution in [0.1, 0.15) is 30.1 Å². The molecule has 126 valence electrons. The van der Waals surface area contributed by atoms with E-state index in [-0.39, 0.29) is 11.9 Å². The fourth-order valence-corrected chi connectivity index (χ4v) is 3.74. The van der Waals surface area contributed by atoms with Gasteiger partial charge in [0.05, 0.1) is 23.9 Å². The number of pyridine rings is 1. The SMILES string of the molecule is O=C(Cc1csc(-c2ccccn2)n1)N[C@H](c1ccccc1)C1CC1. The monoisotopic (exact) mass is 349 g/mol. The molecule has 1 atom stereocenters. The van der Waals surface area contributed by atoms with Crippen molar-refractivity contribution in [3.8, 4) is 10.7 Å². The van der Waals surface area contributed by atoms with Crippen molar-refractivity contribution in [2.75, 3.05) is 0 Å². The van der Waals surface area contributed by atoms with Crippen LogP contribution >= 0.6 is 11.3 Å². The van der Waals surface area contributed by atoms with E-state index in [1.165, 1.54) is 29.7 Å². The van der Waals surface area contributed by atoms with E-state index >= 15 is 0 Å². The standard InChI is InChI=1S/C20H19N3OS/c24-18(23-19(15-9-10-15)14-6-2-1-3-7-14)12-16-13-25-20(22-16)17-8-4-5-11-21-17/h1-8,11,13,15,19H,9-10,12H2,(H,23,24)/t19-/m1/s1. The van der Waals surface area contributed by atoms with E-state index in [1.807, 2.05) is 41.8 Å². The van der Waals surface area contributed by atoms with Crippen LogP contribution < -0.4 is 5.32 Å². The van der Waals surface area contributed by atoms with Gasteiger partial charge in [-0.25, -0.2) is 4.98 Å². The van der Waals surface area contributed by atoms with E-state index < -0.39 is 0 Å². The predicted molar refractivity (Wildman–Crippen MR) is 99.1 cm³/mol. The Hall–Kier alpha value is -2.53. The van der Waals surface area contributed by atoms with Crippen molar-refractivity contribution in [3.05, 3.63) is 71.4 Å². The van der Waals surface area contributed by atoms with Crippen molar-refractivity contribution in [2.45, 2.75) is 25.3 Å². The van der Waals surface area contributed by atoms with Gasteiger partial charge in [-0.3, -0.25) is 9.78 Å². The van der Waals surface area contributed by atoms with Gasteiger partial charge in [0, 0.05) is 11.6 Å². The molecule has 1 aromatic carbocycles. The van der Waals surface area contributed by atoms with Crippen molar-refractivity contribution in [2.24, 2.45) is 5.92 Å². The maximum absolute atomic E-state index is 12.5. The molecule has 1 aliphatic rings. The highest BCUT2D eigenvalue weighted by Crippen LogP contribution is 2.40. The van der Waals surface area contributed by atoms with Crippen molar-refractivity contribution < 1.29 is 4.79 Å². The Balaban J connectivity index is 1.43. The summed E-state index contributed by atoms with van der Waals surface area (Å²) in [6.07, 6.45) is 4.42. The van der Waals surface area contributed by atoms with E-state index in [4.69, 9.17) is 0 Å². The van der Waals surface area contributed by atoms with Gasteiger partial charge in [0.1, 0.15) is 5.01 Å². The number of nitrogens with zero attached hydrogens (tertiary/aromatic N) is 2. The molecule has 0 radical (unpaired) electrons. The van der Waals surface area contributed by atoms with Gasteiger partial charge in [0.2, 0.25) is 5.91 Å². The van der Waals surface area contributed by atoms with Gasteiger partial charge in [-0.05, 0) is 36.5 Å². The van der Waals surface area contributed by atoms with Crippen LogP contribution in [0, 0.1) is 5.92 Å².